The number of carbonyl (C=O) groups is 2. The molecule has 0 fully saturated rings. The third kappa shape index (κ3) is 5.76. The van der Waals surface area contributed by atoms with Gasteiger partial charge in [0.05, 0.1) is 25.6 Å². The average molecular weight is 420 g/mol. The molecule has 0 aliphatic rings. The second-order valence-corrected chi connectivity index (χ2v) is 6.72. The molecule has 31 heavy (non-hydrogen) atoms. The number of ether oxygens (including phenoxy) is 3. The van der Waals surface area contributed by atoms with Gasteiger partial charge in [0.1, 0.15) is 17.2 Å². The van der Waals surface area contributed by atoms with Crippen LogP contribution >= 0.6 is 0 Å². The minimum Gasteiger partial charge on any atom is -0.495 e. The fourth-order valence-corrected chi connectivity index (χ4v) is 2.90. The summed E-state index contributed by atoms with van der Waals surface area (Å²) in [5, 5.41) is 5.58. The minimum absolute atomic E-state index is 0.177. The van der Waals surface area contributed by atoms with Crippen LogP contribution in [0.3, 0.4) is 0 Å². The van der Waals surface area contributed by atoms with Crippen LogP contribution in [0.1, 0.15) is 15.9 Å². The van der Waals surface area contributed by atoms with Gasteiger partial charge in [0.25, 0.3) is 11.8 Å². The first-order chi connectivity index (χ1) is 15.0. The standard InChI is InChI=1S/C24H24N2O5/c1-16-8-13-22(30-3)20(14-16)26-24(28)17-9-11-18(12-10-17)31-15-23(27)25-19-6-4-5-7-21(19)29-2/h4-14H,15H2,1-3H3,(H,25,27)(H,26,28). The maximum Gasteiger partial charge on any atom is 0.262 e. The predicted octanol–water partition coefficient (Wildman–Crippen LogP) is 4.28. The number of benzene rings is 3. The van der Waals surface area contributed by atoms with Crippen molar-refractivity contribution in [2.75, 3.05) is 31.5 Å². The number of aryl methyl sites for hydroxylation is 1. The first-order valence-corrected chi connectivity index (χ1v) is 9.62. The molecule has 3 rings (SSSR count). The maximum absolute atomic E-state index is 12.6. The van der Waals surface area contributed by atoms with Gasteiger partial charge in [-0.1, -0.05) is 18.2 Å². The number of carbonyl (C=O) groups excluding carboxylic acids is 2. The van der Waals surface area contributed by atoms with E-state index in [-0.39, 0.29) is 18.4 Å². The number of amides is 2. The summed E-state index contributed by atoms with van der Waals surface area (Å²) < 4.78 is 16.0. The van der Waals surface area contributed by atoms with Gasteiger partial charge < -0.3 is 24.8 Å². The molecule has 0 unspecified atom stereocenters. The monoisotopic (exact) mass is 420 g/mol. The van der Waals surface area contributed by atoms with Gasteiger partial charge in [0.2, 0.25) is 0 Å². The molecule has 3 aromatic carbocycles. The maximum atomic E-state index is 12.6. The summed E-state index contributed by atoms with van der Waals surface area (Å²) in [6.45, 7) is 1.76. The molecule has 0 saturated carbocycles. The molecule has 2 amide bonds. The van der Waals surface area contributed by atoms with Gasteiger partial charge in [-0.3, -0.25) is 9.59 Å². The van der Waals surface area contributed by atoms with E-state index >= 15 is 0 Å². The quantitative estimate of drug-likeness (QED) is 0.568. The molecule has 160 valence electrons. The predicted molar refractivity (Wildman–Crippen MR) is 119 cm³/mol. The van der Waals surface area contributed by atoms with Crippen molar-refractivity contribution in [3.63, 3.8) is 0 Å². The van der Waals surface area contributed by atoms with E-state index in [1.165, 1.54) is 7.11 Å². The van der Waals surface area contributed by atoms with Gasteiger partial charge >= 0.3 is 0 Å². The third-order valence-electron chi connectivity index (χ3n) is 4.47. The Morgan fingerprint density at radius 2 is 1.48 bits per heavy atom. The third-order valence-corrected chi connectivity index (χ3v) is 4.47. The second-order valence-electron chi connectivity index (χ2n) is 6.72. The zero-order valence-electron chi connectivity index (χ0n) is 17.6. The van der Waals surface area contributed by atoms with Crippen molar-refractivity contribution in [2.24, 2.45) is 0 Å². The molecular weight excluding hydrogens is 396 g/mol. The Balaban J connectivity index is 1.57. The normalized spacial score (nSPS) is 10.2. The van der Waals surface area contributed by atoms with Crippen molar-refractivity contribution in [1.29, 1.82) is 0 Å². The molecule has 0 atom stereocenters. The van der Waals surface area contributed by atoms with Crippen LogP contribution in [0.25, 0.3) is 0 Å². The number of hydrogen-bond acceptors (Lipinski definition) is 5. The number of para-hydroxylation sites is 2. The highest BCUT2D eigenvalue weighted by Crippen LogP contribution is 2.26. The highest BCUT2D eigenvalue weighted by atomic mass is 16.5. The molecule has 0 aliphatic heterocycles. The zero-order valence-corrected chi connectivity index (χ0v) is 17.6. The average Bonchev–Trinajstić information content (AvgIpc) is 2.78. The van der Waals surface area contributed by atoms with E-state index < -0.39 is 0 Å². The van der Waals surface area contributed by atoms with Gasteiger partial charge in [0, 0.05) is 5.56 Å². The second kappa shape index (κ2) is 10.2. The Kier molecular flexibility index (Phi) is 7.11. The van der Waals surface area contributed by atoms with Gasteiger partial charge in [-0.25, -0.2) is 0 Å². The molecule has 0 radical (unpaired) electrons. The molecule has 0 bridgehead atoms. The number of hydrogen-bond donors (Lipinski definition) is 2. The molecule has 0 spiro atoms. The highest BCUT2D eigenvalue weighted by Gasteiger charge is 2.11. The fourth-order valence-electron chi connectivity index (χ4n) is 2.90. The summed E-state index contributed by atoms with van der Waals surface area (Å²) >= 11 is 0. The molecule has 3 aromatic rings. The van der Waals surface area contributed by atoms with Crippen molar-refractivity contribution in [3.8, 4) is 17.2 Å². The smallest absolute Gasteiger partial charge is 0.262 e. The van der Waals surface area contributed by atoms with Crippen LogP contribution in [0.5, 0.6) is 17.2 Å². The number of nitrogens with one attached hydrogen (secondary N) is 2. The topological polar surface area (TPSA) is 85.9 Å². The van der Waals surface area contributed by atoms with Gasteiger partial charge in [-0.15, -0.1) is 0 Å². The zero-order chi connectivity index (χ0) is 22.2. The molecule has 7 heteroatoms. The van der Waals surface area contributed by atoms with Crippen molar-refractivity contribution < 1.29 is 23.8 Å². The van der Waals surface area contributed by atoms with E-state index in [0.717, 1.165) is 5.56 Å². The van der Waals surface area contributed by atoms with Crippen LogP contribution in [-0.2, 0) is 4.79 Å². The summed E-state index contributed by atoms with van der Waals surface area (Å²) in [5.41, 5.74) is 2.62. The van der Waals surface area contributed by atoms with Crippen molar-refractivity contribution in [2.45, 2.75) is 6.92 Å². The molecule has 0 aliphatic carbocycles. The Bertz CT molecular complexity index is 1060. The Labute approximate surface area is 180 Å². The van der Waals surface area contributed by atoms with Crippen LogP contribution < -0.4 is 24.8 Å². The minimum atomic E-state index is -0.321. The van der Waals surface area contributed by atoms with Gasteiger partial charge in [0.15, 0.2) is 6.61 Å². The number of anilines is 2. The van der Waals surface area contributed by atoms with Crippen molar-refractivity contribution in [3.05, 3.63) is 77.9 Å². The largest absolute Gasteiger partial charge is 0.495 e. The van der Waals surface area contributed by atoms with Crippen LogP contribution in [0.15, 0.2) is 66.7 Å². The highest BCUT2D eigenvalue weighted by molar-refractivity contribution is 6.05. The fraction of sp³-hybridized carbons (Fsp3) is 0.167. The van der Waals surface area contributed by atoms with Crippen LogP contribution in [0, 0.1) is 6.92 Å². The van der Waals surface area contributed by atoms with E-state index in [1.807, 2.05) is 25.1 Å². The van der Waals surface area contributed by atoms with E-state index in [9.17, 15) is 9.59 Å². The lowest BCUT2D eigenvalue weighted by molar-refractivity contribution is -0.118. The number of rotatable bonds is 8. The van der Waals surface area contributed by atoms with E-state index in [4.69, 9.17) is 14.2 Å². The number of methoxy groups -OCH3 is 2. The summed E-state index contributed by atoms with van der Waals surface area (Å²) in [5.74, 6) is 1.03. The van der Waals surface area contributed by atoms with E-state index in [2.05, 4.69) is 10.6 Å². The van der Waals surface area contributed by atoms with Crippen molar-refractivity contribution in [1.82, 2.24) is 0 Å². The van der Waals surface area contributed by atoms with E-state index in [0.29, 0.717) is 34.2 Å². The van der Waals surface area contributed by atoms with Crippen LogP contribution in [-0.4, -0.2) is 32.6 Å². The lowest BCUT2D eigenvalue weighted by atomic mass is 10.1. The molecule has 0 saturated heterocycles. The summed E-state index contributed by atoms with van der Waals surface area (Å²) in [6, 6.07) is 19.2. The summed E-state index contributed by atoms with van der Waals surface area (Å²) in [7, 11) is 3.09. The first kappa shape index (κ1) is 21.7. The van der Waals surface area contributed by atoms with Gasteiger partial charge in [-0.2, -0.15) is 0 Å². The lowest BCUT2D eigenvalue weighted by Gasteiger charge is -2.12. The Hall–Kier alpha value is -4.00. The van der Waals surface area contributed by atoms with Gasteiger partial charge in [-0.05, 0) is 61.0 Å². The SMILES string of the molecule is COc1ccccc1NC(=O)COc1ccc(C(=O)Nc2cc(C)ccc2OC)cc1. The Morgan fingerprint density at radius 1 is 0.806 bits per heavy atom. The van der Waals surface area contributed by atoms with Crippen LogP contribution in [0.4, 0.5) is 11.4 Å². The van der Waals surface area contributed by atoms with Crippen LogP contribution in [0.2, 0.25) is 0 Å². The summed E-state index contributed by atoms with van der Waals surface area (Å²) in [6.07, 6.45) is 0. The van der Waals surface area contributed by atoms with E-state index in [1.54, 1.807) is 55.6 Å². The summed E-state index contributed by atoms with van der Waals surface area (Å²) in [4.78, 5) is 24.7. The molecule has 0 aromatic heterocycles. The molecule has 2 N–H and O–H groups in total. The Morgan fingerprint density at radius 3 is 2.19 bits per heavy atom. The molecule has 0 heterocycles. The first-order valence-electron chi connectivity index (χ1n) is 9.62. The lowest BCUT2D eigenvalue weighted by Crippen LogP contribution is -2.20. The molecule has 7 nitrogen and oxygen atoms in total. The molecular formula is C24H24N2O5. The van der Waals surface area contributed by atoms with Crippen molar-refractivity contribution >= 4 is 23.2 Å².